The summed E-state index contributed by atoms with van der Waals surface area (Å²) >= 11 is 0. The van der Waals surface area contributed by atoms with Crippen LogP contribution in [-0.4, -0.2) is 112 Å². The number of rotatable bonds is 15. The van der Waals surface area contributed by atoms with Crippen LogP contribution in [0.1, 0.15) is 32.1 Å². The van der Waals surface area contributed by atoms with Gasteiger partial charge in [-0.1, -0.05) is 0 Å². The highest BCUT2D eigenvalue weighted by Crippen LogP contribution is 2.22. The molecule has 16 heteroatoms. The molecule has 0 aromatic carbocycles. The minimum absolute atomic E-state index is 0.0511. The molecule has 0 radical (unpaired) electrons. The second-order valence-corrected chi connectivity index (χ2v) is 7.94. The molecule has 0 unspecified atom stereocenters. The van der Waals surface area contributed by atoms with Crippen LogP contribution in [0.25, 0.3) is 11.4 Å². The molecule has 0 saturated carbocycles. The smallest absolute Gasteiger partial charge is 0.335 e. The number of aromatic carboxylic acids is 2. The van der Waals surface area contributed by atoms with Crippen LogP contribution in [0.2, 0.25) is 0 Å². The van der Waals surface area contributed by atoms with Gasteiger partial charge in [0.25, 0.3) is 0 Å². The molecule has 0 aliphatic heterocycles. The summed E-state index contributed by atoms with van der Waals surface area (Å²) in [5.41, 5.74) is -1.08. The molecule has 2 aromatic heterocycles. The lowest BCUT2D eigenvalue weighted by molar-refractivity contribution is -0.144. The molecule has 202 valence electrons. The van der Waals surface area contributed by atoms with Crippen LogP contribution in [0.15, 0.2) is 24.3 Å². The highest BCUT2D eigenvalue weighted by Gasteiger charge is 2.20. The summed E-state index contributed by atoms with van der Waals surface area (Å²) in [4.78, 5) is 78.2. The van der Waals surface area contributed by atoms with E-state index in [-0.39, 0.29) is 47.0 Å². The SMILES string of the molecule is O=C(O)CN(CC(=O)O)Cc1cc(C(=O)O)cc(-c2cc(C(=O)O)cc(CN(CC(=O)O)CC(=O)O)n2)n1. The maximum Gasteiger partial charge on any atom is 0.335 e. The van der Waals surface area contributed by atoms with Crippen molar-refractivity contribution in [2.45, 2.75) is 13.1 Å². The van der Waals surface area contributed by atoms with Crippen molar-refractivity contribution < 1.29 is 59.4 Å². The van der Waals surface area contributed by atoms with Crippen molar-refractivity contribution in [1.82, 2.24) is 19.8 Å². The highest BCUT2D eigenvalue weighted by molar-refractivity contribution is 5.90. The van der Waals surface area contributed by atoms with Gasteiger partial charge in [-0.2, -0.15) is 0 Å². The number of carboxylic acid groups (broad SMARTS) is 6. The van der Waals surface area contributed by atoms with Gasteiger partial charge in [0.1, 0.15) is 0 Å². The average Bonchev–Trinajstić information content (AvgIpc) is 2.76. The predicted octanol–water partition coefficient (Wildman–Crippen LogP) is -0.518. The summed E-state index contributed by atoms with van der Waals surface area (Å²) in [6.45, 7) is -3.55. The quantitative estimate of drug-likeness (QED) is 0.168. The summed E-state index contributed by atoms with van der Waals surface area (Å²) in [7, 11) is 0. The predicted molar refractivity (Wildman–Crippen MR) is 122 cm³/mol. The van der Waals surface area contributed by atoms with Crippen molar-refractivity contribution in [3.63, 3.8) is 0 Å². The number of hydrogen-bond donors (Lipinski definition) is 6. The van der Waals surface area contributed by atoms with Gasteiger partial charge in [-0.15, -0.1) is 0 Å². The Morgan fingerprint density at radius 1 is 0.526 bits per heavy atom. The monoisotopic (exact) mass is 534 g/mol. The molecular weight excluding hydrogens is 512 g/mol. The molecular formula is C22H22N4O12. The van der Waals surface area contributed by atoms with Crippen molar-refractivity contribution in [3.05, 3.63) is 46.8 Å². The molecule has 16 nitrogen and oxygen atoms in total. The maximum absolute atomic E-state index is 11.7. The fourth-order valence-corrected chi connectivity index (χ4v) is 3.41. The molecule has 6 N–H and O–H groups in total. The average molecular weight is 534 g/mol. The lowest BCUT2D eigenvalue weighted by atomic mass is 10.1. The van der Waals surface area contributed by atoms with Crippen molar-refractivity contribution in [2.75, 3.05) is 26.2 Å². The van der Waals surface area contributed by atoms with Gasteiger partial charge in [0.15, 0.2) is 0 Å². The van der Waals surface area contributed by atoms with Gasteiger partial charge in [0.2, 0.25) is 0 Å². The summed E-state index contributed by atoms with van der Waals surface area (Å²) in [5, 5.41) is 55.3. The zero-order valence-corrected chi connectivity index (χ0v) is 19.5. The third kappa shape index (κ3) is 9.25. The highest BCUT2D eigenvalue weighted by atomic mass is 16.4. The van der Waals surface area contributed by atoms with E-state index in [2.05, 4.69) is 9.97 Å². The van der Waals surface area contributed by atoms with E-state index in [4.69, 9.17) is 20.4 Å². The molecule has 0 spiro atoms. The van der Waals surface area contributed by atoms with Crippen LogP contribution in [0.3, 0.4) is 0 Å². The van der Waals surface area contributed by atoms with Crippen molar-refractivity contribution in [1.29, 1.82) is 0 Å². The number of aromatic nitrogens is 2. The van der Waals surface area contributed by atoms with Gasteiger partial charge in [0.05, 0.1) is 60.1 Å². The Bertz CT molecular complexity index is 1150. The molecule has 0 amide bonds. The number of carbonyl (C=O) groups is 6. The molecule has 0 saturated heterocycles. The van der Waals surface area contributed by atoms with Gasteiger partial charge in [-0.05, 0) is 24.3 Å². The summed E-state index contributed by atoms with van der Waals surface area (Å²) < 4.78 is 0. The number of aliphatic carboxylic acids is 4. The second kappa shape index (κ2) is 12.8. The van der Waals surface area contributed by atoms with E-state index in [1.165, 1.54) is 0 Å². The fourth-order valence-electron chi connectivity index (χ4n) is 3.41. The normalized spacial score (nSPS) is 10.9. The Hall–Kier alpha value is -4.96. The minimum atomic E-state index is -1.42. The van der Waals surface area contributed by atoms with Crippen LogP contribution < -0.4 is 0 Å². The first kappa shape index (κ1) is 29.3. The summed E-state index contributed by atoms with van der Waals surface area (Å²) in [5.74, 6) is -8.19. The second-order valence-electron chi connectivity index (χ2n) is 7.94. The molecule has 2 rings (SSSR count). The van der Waals surface area contributed by atoms with Crippen LogP contribution in [0.4, 0.5) is 0 Å². The van der Waals surface area contributed by atoms with E-state index in [9.17, 15) is 39.0 Å². The number of hydrogen-bond acceptors (Lipinski definition) is 10. The minimum Gasteiger partial charge on any atom is -0.480 e. The van der Waals surface area contributed by atoms with Gasteiger partial charge in [-0.3, -0.25) is 29.0 Å². The van der Waals surface area contributed by atoms with Gasteiger partial charge in [-0.25, -0.2) is 19.6 Å². The van der Waals surface area contributed by atoms with Crippen LogP contribution in [0.5, 0.6) is 0 Å². The first-order valence-electron chi connectivity index (χ1n) is 10.5. The van der Waals surface area contributed by atoms with Gasteiger partial charge >= 0.3 is 35.8 Å². The largest absolute Gasteiger partial charge is 0.480 e. The van der Waals surface area contributed by atoms with E-state index < -0.39 is 62.0 Å². The fraction of sp³-hybridized carbons (Fsp3) is 0.273. The zero-order valence-electron chi connectivity index (χ0n) is 19.5. The first-order valence-corrected chi connectivity index (χ1v) is 10.5. The summed E-state index contributed by atoms with van der Waals surface area (Å²) in [6.07, 6.45) is 0. The number of nitrogens with zero attached hydrogens (tertiary/aromatic N) is 4. The van der Waals surface area contributed by atoms with Crippen LogP contribution in [-0.2, 0) is 32.3 Å². The maximum atomic E-state index is 11.7. The van der Waals surface area contributed by atoms with Gasteiger partial charge in [0, 0.05) is 13.1 Å². The molecule has 0 fully saturated rings. The summed E-state index contributed by atoms with van der Waals surface area (Å²) in [6, 6.07) is 4.31. The Morgan fingerprint density at radius 2 is 0.816 bits per heavy atom. The lowest BCUT2D eigenvalue weighted by Crippen LogP contribution is -2.34. The molecule has 38 heavy (non-hydrogen) atoms. The molecule has 0 bridgehead atoms. The topological polar surface area (TPSA) is 256 Å². The van der Waals surface area contributed by atoms with Crippen molar-refractivity contribution in [2.24, 2.45) is 0 Å². The molecule has 0 aliphatic carbocycles. The standard InChI is InChI=1S/C22H22N4O12/c27-17(28)7-25(8-18(29)30)5-13-1-11(21(35)36)3-15(23-13)16-4-12(22(37)38)2-14(24-16)6-26(9-19(31)32)10-20(33)34/h1-4H,5-10H2,(H,27,28)(H,29,30)(H,31,32)(H,33,34)(H,35,36)(H,37,38). The van der Waals surface area contributed by atoms with Crippen LogP contribution in [0, 0.1) is 0 Å². The molecule has 0 aliphatic rings. The number of carboxylic acids is 6. The first-order chi connectivity index (χ1) is 17.7. The van der Waals surface area contributed by atoms with E-state index in [0.717, 1.165) is 34.1 Å². The lowest BCUT2D eigenvalue weighted by Gasteiger charge is -2.19. The Morgan fingerprint density at radius 3 is 1.05 bits per heavy atom. The third-order valence-corrected chi connectivity index (χ3v) is 4.72. The van der Waals surface area contributed by atoms with E-state index in [1.807, 2.05) is 0 Å². The third-order valence-electron chi connectivity index (χ3n) is 4.72. The van der Waals surface area contributed by atoms with Gasteiger partial charge < -0.3 is 30.6 Å². The van der Waals surface area contributed by atoms with Crippen LogP contribution >= 0.6 is 0 Å². The zero-order chi connectivity index (χ0) is 28.6. The van der Waals surface area contributed by atoms with E-state index >= 15 is 0 Å². The Labute approximate surface area is 213 Å². The number of pyridine rings is 2. The molecule has 2 aromatic rings. The van der Waals surface area contributed by atoms with Crippen molar-refractivity contribution in [3.8, 4) is 11.4 Å². The molecule has 0 atom stereocenters. The molecule has 2 heterocycles. The Balaban J connectivity index is 2.58. The van der Waals surface area contributed by atoms with Crippen molar-refractivity contribution >= 4 is 35.8 Å². The van der Waals surface area contributed by atoms with E-state index in [1.54, 1.807) is 0 Å². The van der Waals surface area contributed by atoms with E-state index in [0.29, 0.717) is 0 Å². The Kier molecular flexibility index (Phi) is 9.89.